The highest BCUT2D eigenvalue weighted by Crippen LogP contribution is 2.32. The maximum atomic E-state index is 13.6. The van der Waals surface area contributed by atoms with Crippen LogP contribution in [0.1, 0.15) is 17.2 Å². The zero-order chi connectivity index (χ0) is 22.8. The fourth-order valence-corrected chi connectivity index (χ4v) is 4.88. The fraction of sp³-hybridized carbons (Fsp3) is 0.125. The van der Waals surface area contributed by atoms with Crippen LogP contribution in [0.3, 0.4) is 0 Å². The van der Waals surface area contributed by atoms with E-state index >= 15 is 0 Å². The van der Waals surface area contributed by atoms with Crippen molar-refractivity contribution in [3.8, 4) is 0 Å². The molecule has 0 unspecified atom stereocenters. The maximum Gasteiger partial charge on any atom is 0.342 e. The van der Waals surface area contributed by atoms with Crippen molar-refractivity contribution in [2.75, 3.05) is 14.2 Å². The Kier molecular flexibility index (Phi) is 5.79. The van der Waals surface area contributed by atoms with Gasteiger partial charge < -0.3 is 15.2 Å². The van der Waals surface area contributed by atoms with Crippen LogP contribution >= 0.6 is 11.3 Å². The zero-order valence-electron chi connectivity index (χ0n) is 17.4. The molecule has 162 valence electrons. The summed E-state index contributed by atoms with van der Waals surface area (Å²) in [6.45, 7) is 0. The first kappa shape index (κ1) is 21.3. The molecule has 0 saturated heterocycles. The van der Waals surface area contributed by atoms with E-state index in [0.29, 0.717) is 14.8 Å². The van der Waals surface area contributed by atoms with Crippen LogP contribution in [0.4, 0.5) is 0 Å². The van der Waals surface area contributed by atoms with Crippen LogP contribution in [-0.4, -0.2) is 30.7 Å². The fourth-order valence-electron chi connectivity index (χ4n) is 3.71. The Morgan fingerprint density at radius 2 is 1.56 bits per heavy atom. The smallest absolute Gasteiger partial charge is 0.342 e. The van der Waals surface area contributed by atoms with E-state index in [0.717, 1.165) is 16.9 Å². The van der Waals surface area contributed by atoms with Gasteiger partial charge in [0.1, 0.15) is 10.2 Å². The molecule has 32 heavy (non-hydrogen) atoms. The lowest BCUT2D eigenvalue weighted by molar-refractivity contribution is -0.136. The second-order valence-electron chi connectivity index (χ2n) is 7.00. The van der Waals surface area contributed by atoms with Crippen LogP contribution in [0.15, 0.2) is 76.7 Å². The Morgan fingerprint density at radius 3 is 2.16 bits per heavy atom. The number of fused-ring (bicyclic) bond motifs is 1. The number of carbonyl (C=O) groups is 2. The van der Waals surface area contributed by atoms with E-state index in [2.05, 4.69) is 0 Å². The molecule has 7 nitrogen and oxygen atoms in total. The summed E-state index contributed by atoms with van der Waals surface area (Å²) in [6.07, 6.45) is 1.74. The minimum atomic E-state index is -0.853. The molecule has 0 spiro atoms. The van der Waals surface area contributed by atoms with Gasteiger partial charge in [0.05, 0.1) is 36.1 Å². The number of rotatable bonds is 4. The Balaban J connectivity index is 2.14. The lowest BCUT2D eigenvalue weighted by Gasteiger charge is -2.26. The van der Waals surface area contributed by atoms with Gasteiger partial charge in [0.15, 0.2) is 0 Å². The first-order valence-corrected chi connectivity index (χ1v) is 10.5. The van der Waals surface area contributed by atoms with Crippen molar-refractivity contribution in [1.29, 1.82) is 0 Å². The summed E-state index contributed by atoms with van der Waals surface area (Å²) in [6, 6.07) is 17.5. The van der Waals surface area contributed by atoms with Gasteiger partial charge in [0, 0.05) is 0 Å². The summed E-state index contributed by atoms with van der Waals surface area (Å²) in [5, 5.41) is 0. The summed E-state index contributed by atoms with van der Waals surface area (Å²) in [7, 11) is 2.44. The molecule has 0 radical (unpaired) electrons. The van der Waals surface area contributed by atoms with Crippen molar-refractivity contribution >= 4 is 34.9 Å². The standard InChI is InChI=1S/C24H20N2O5S/c1-30-23(28)17-19(25)18(24(29)31-2)22-26(20(17)15-11-7-4-8-12-15)21(27)16(32-22)13-14-9-5-3-6-10-14/h3-13,20H,25H2,1-2H3/b16-13+/t20-/m1/s1. The molecule has 1 atom stereocenters. The van der Waals surface area contributed by atoms with Gasteiger partial charge >= 0.3 is 11.9 Å². The summed E-state index contributed by atoms with van der Waals surface area (Å²) in [4.78, 5) is 39.0. The van der Waals surface area contributed by atoms with Crippen LogP contribution in [0, 0.1) is 0 Å². The summed E-state index contributed by atoms with van der Waals surface area (Å²) < 4.78 is 12.0. The molecular formula is C24H20N2O5S. The van der Waals surface area contributed by atoms with E-state index in [9.17, 15) is 14.4 Å². The Morgan fingerprint density at radius 1 is 0.969 bits per heavy atom. The van der Waals surface area contributed by atoms with Crippen molar-refractivity contribution in [2.45, 2.75) is 6.04 Å². The molecule has 0 aliphatic carbocycles. The number of hydrogen-bond donors (Lipinski definition) is 1. The Bertz CT molecular complexity index is 1400. The molecule has 0 fully saturated rings. The van der Waals surface area contributed by atoms with E-state index in [1.165, 1.54) is 18.8 Å². The average Bonchev–Trinajstić information content (AvgIpc) is 3.13. The van der Waals surface area contributed by atoms with E-state index in [1.807, 2.05) is 36.4 Å². The van der Waals surface area contributed by atoms with Gasteiger partial charge in [-0.2, -0.15) is 0 Å². The summed E-state index contributed by atoms with van der Waals surface area (Å²) in [5.41, 5.74) is 7.41. The van der Waals surface area contributed by atoms with Crippen molar-refractivity contribution in [1.82, 2.24) is 4.57 Å². The van der Waals surface area contributed by atoms with Gasteiger partial charge in [-0.15, -0.1) is 11.3 Å². The van der Waals surface area contributed by atoms with Gasteiger partial charge in [0.2, 0.25) is 0 Å². The first-order chi connectivity index (χ1) is 15.5. The third-order valence-electron chi connectivity index (χ3n) is 5.17. The number of benzene rings is 2. The Labute approximate surface area is 187 Å². The molecule has 0 amide bonds. The number of nitrogens with two attached hydrogens (primary N) is 1. The van der Waals surface area contributed by atoms with Crippen LogP contribution in [0.2, 0.25) is 0 Å². The Hall–Kier alpha value is -3.91. The lowest BCUT2D eigenvalue weighted by Crippen LogP contribution is -2.43. The highest BCUT2D eigenvalue weighted by Gasteiger charge is 2.37. The molecule has 4 rings (SSSR count). The van der Waals surface area contributed by atoms with Crippen LogP contribution in [-0.2, 0) is 19.1 Å². The van der Waals surface area contributed by atoms with Crippen LogP contribution in [0.5, 0.6) is 0 Å². The largest absolute Gasteiger partial charge is 0.466 e. The number of nitrogens with zero attached hydrogens (tertiary/aromatic N) is 1. The highest BCUT2D eigenvalue weighted by atomic mass is 32.1. The quantitative estimate of drug-likeness (QED) is 0.599. The van der Waals surface area contributed by atoms with Crippen molar-refractivity contribution in [3.05, 3.63) is 103 Å². The van der Waals surface area contributed by atoms with Gasteiger partial charge in [-0.25, -0.2) is 9.59 Å². The SMILES string of the molecule is COC(=O)C1=C(N)C(C(=O)OC)=c2s/c(=C/c3ccccc3)c(=O)n2[C@@H]1c1ccccc1. The minimum Gasteiger partial charge on any atom is -0.466 e. The van der Waals surface area contributed by atoms with Crippen LogP contribution in [0.25, 0.3) is 11.6 Å². The van der Waals surface area contributed by atoms with E-state index in [1.54, 1.807) is 30.3 Å². The van der Waals surface area contributed by atoms with E-state index < -0.39 is 18.0 Å². The molecule has 1 aromatic heterocycles. The average molecular weight is 449 g/mol. The molecule has 3 aromatic rings. The van der Waals surface area contributed by atoms with E-state index in [4.69, 9.17) is 15.2 Å². The number of ether oxygens (including phenoxy) is 2. The van der Waals surface area contributed by atoms with Crippen molar-refractivity contribution in [2.24, 2.45) is 5.73 Å². The molecule has 2 aromatic carbocycles. The first-order valence-electron chi connectivity index (χ1n) is 9.72. The topological polar surface area (TPSA) is 101 Å². The number of carbonyl (C=O) groups excluding carboxylic acids is 2. The molecule has 0 bridgehead atoms. The molecule has 2 heterocycles. The predicted octanol–water partition coefficient (Wildman–Crippen LogP) is 1.05. The van der Waals surface area contributed by atoms with Gasteiger partial charge in [-0.3, -0.25) is 9.36 Å². The van der Waals surface area contributed by atoms with Gasteiger partial charge in [0.25, 0.3) is 5.56 Å². The maximum absolute atomic E-state index is 13.6. The second kappa shape index (κ2) is 8.68. The number of thiazole rings is 1. The van der Waals surface area contributed by atoms with Gasteiger partial charge in [-0.05, 0) is 17.2 Å². The molecule has 1 aliphatic heterocycles. The van der Waals surface area contributed by atoms with Crippen molar-refractivity contribution < 1.29 is 19.1 Å². The third-order valence-corrected chi connectivity index (χ3v) is 6.27. The molecule has 2 N–H and O–H groups in total. The molecular weight excluding hydrogens is 428 g/mol. The normalized spacial score (nSPS) is 16.0. The molecule has 8 heteroatoms. The second-order valence-corrected chi connectivity index (χ2v) is 8.03. The highest BCUT2D eigenvalue weighted by molar-refractivity contribution is 7.07. The zero-order valence-corrected chi connectivity index (χ0v) is 18.2. The minimum absolute atomic E-state index is 0.0118. The predicted molar refractivity (Wildman–Crippen MR) is 121 cm³/mol. The monoisotopic (exact) mass is 448 g/mol. The van der Waals surface area contributed by atoms with Crippen molar-refractivity contribution in [3.63, 3.8) is 0 Å². The molecule has 1 aliphatic rings. The lowest BCUT2D eigenvalue weighted by atomic mass is 9.92. The summed E-state index contributed by atoms with van der Waals surface area (Å²) in [5.74, 6) is -1.47. The molecule has 0 saturated carbocycles. The number of hydrogen-bond acceptors (Lipinski definition) is 7. The van der Waals surface area contributed by atoms with E-state index in [-0.39, 0.29) is 22.4 Å². The van der Waals surface area contributed by atoms with Gasteiger partial charge in [-0.1, -0.05) is 60.7 Å². The van der Waals surface area contributed by atoms with Crippen LogP contribution < -0.4 is 20.5 Å². The number of methoxy groups -OCH3 is 2. The number of esters is 2. The summed E-state index contributed by atoms with van der Waals surface area (Å²) >= 11 is 1.12. The number of aromatic nitrogens is 1. The third kappa shape index (κ3) is 3.54.